The van der Waals surface area contributed by atoms with Gasteiger partial charge in [-0.05, 0) is 66.5 Å². The van der Waals surface area contributed by atoms with Gasteiger partial charge in [-0.3, -0.25) is 0 Å². The number of aromatic amines is 1. The first-order valence-corrected chi connectivity index (χ1v) is 14.4. The third kappa shape index (κ3) is 4.01. The standard InChI is InChI=1S/C32H30ClF2N5/c1-3-18-6-5-7-19(4-2)30(18)40-31(28-22-10-12-36-29(22)24(33)15-25(28)34)23-17-39(13-11-27(23)38-40)32-26(35)14-21(16-37-32)20-8-9-20/h5-7,10,12,14-16,20,36H,3-4,8-9,11,13,17H2,1-2H3. The number of rotatable bonds is 6. The number of para-hydroxylation sites is 1. The van der Waals surface area contributed by atoms with Crippen LogP contribution in [0.2, 0.25) is 5.02 Å². The first-order chi connectivity index (χ1) is 19.5. The van der Waals surface area contributed by atoms with Crippen molar-refractivity contribution in [3.8, 4) is 16.9 Å². The predicted molar refractivity (Wildman–Crippen MR) is 156 cm³/mol. The van der Waals surface area contributed by atoms with Crippen molar-refractivity contribution in [3.63, 3.8) is 0 Å². The third-order valence-electron chi connectivity index (χ3n) is 8.39. The molecule has 1 aliphatic carbocycles. The summed E-state index contributed by atoms with van der Waals surface area (Å²) in [4.78, 5) is 9.68. The Kier molecular flexibility index (Phi) is 6.15. The highest BCUT2D eigenvalue weighted by Gasteiger charge is 2.32. The number of nitrogens with zero attached hydrogens (tertiary/aromatic N) is 4. The SMILES string of the molecule is CCc1cccc(CC)c1-n1nc2c(c1-c1c(F)cc(Cl)c3[nH]ccc13)CN(c1ncc(C3CC3)cc1F)CC2. The highest BCUT2D eigenvalue weighted by molar-refractivity contribution is 6.35. The Morgan fingerprint density at radius 2 is 1.82 bits per heavy atom. The van der Waals surface area contributed by atoms with Crippen LogP contribution in [0.3, 0.4) is 0 Å². The van der Waals surface area contributed by atoms with Crippen molar-refractivity contribution >= 4 is 28.3 Å². The molecule has 7 rings (SSSR count). The van der Waals surface area contributed by atoms with Crippen LogP contribution in [-0.2, 0) is 25.8 Å². The number of pyridine rings is 1. The maximum Gasteiger partial charge on any atom is 0.165 e. The number of hydrogen-bond donors (Lipinski definition) is 1. The van der Waals surface area contributed by atoms with Crippen LogP contribution in [0.1, 0.15) is 60.6 Å². The van der Waals surface area contributed by atoms with Crippen LogP contribution in [0.5, 0.6) is 0 Å². The molecule has 1 saturated carbocycles. The normalized spacial score (nSPS) is 15.2. The summed E-state index contributed by atoms with van der Waals surface area (Å²) in [5.41, 5.74) is 7.82. The van der Waals surface area contributed by atoms with Crippen molar-refractivity contribution in [2.45, 2.75) is 58.4 Å². The van der Waals surface area contributed by atoms with Crippen LogP contribution in [0, 0.1) is 11.6 Å². The molecule has 40 heavy (non-hydrogen) atoms. The number of H-pyrrole nitrogens is 1. The number of aromatic nitrogens is 4. The smallest absolute Gasteiger partial charge is 0.165 e. The van der Waals surface area contributed by atoms with Crippen LogP contribution >= 0.6 is 11.6 Å². The van der Waals surface area contributed by atoms with Gasteiger partial charge in [0.1, 0.15) is 5.82 Å². The molecular weight excluding hydrogens is 528 g/mol. The van der Waals surface area contributed by atoms with E-state index in [4.69, 9.17) is 16.7 Å². The summed E-state index contributed by atoms with van der Waals surface area (Å²) in [7, 11) is 0. The quantitative estimate of drug-likeness (QED) is 0.231. The summed E-state index contributed by atoms with van der Waals surface area (Å²) in [5.74, 6) is 0.0394. The third-order valence-corrected chi connectivity index (χ3v) is 8.68. The Morgan fingerprint density at radius 3 is 2.52 bits per heavy atom. The number of nitrogens with one attached hydrogen (secondary N) is 1. The van der Waals surface area contributed by atoms with Crippen molar-refractivity contribution < 1.29 is 8.78 Å². The molecule has 1 fully saturated rings. The van der Waals surface area contributed by atoms with Crippen LogP contribution in [0.25, 0.3) is 27.8 Å². The van der Waals surface area contributed by atoms with Gasteiger partial charge in [0.2, 0.25) is 0 Å². The molecule has 204 valence electrons. The minimum atomic E-state index is -0.414. The molecule has 0 radical (unpaired) electrons. The van der Waals surface area contributed by atoms with Gasteiger partial charge in [-0.2, -0.15) is 5.10 Å². The molecule has 1 aliphatic heterocycles. The molecule has 2 aromatic carbocycles. The van der Waals surface area contributed by atoms with Gasteiger partial charge in [0.05, 0.1) is 27.6 Å². The summed E-state index contributed by atoms with van der Waals surface area (Å²) in [6, 6.07) is 11.1. The van der Waals surface area contributed by atoms with Crippen molar-refractivity contribution in [1.29, 1.82) is 0 Å². The minimum absolute atomic E-state index is 0.308. The summed E-state index contributed by atoms with van der Waals surface area (Å²) < 4.78 is 33.3. The van der Waals surface area contributed by atoms with Crippen LogP contribution in [0.4, 0.5) is 14.6 Å². The lowest BCUT2D eigenvalue weighted by Gasteiger charge is -2.28. The lowest BCUT2D eigenvalue weighted by molar-refractivity contribution is 0.597. The number of benzene rings is 2. The van der Waals surface area contributed by atoms with Gasteiger partial charge in [0, 0.05) is 48.4 Å². The molecule has 0 amide bonds. The molecule has 0 atom stereocenters. The maximum absolute atomic E-state index is 16.0. The van der Waals surface area contributed by atoms with E-state index < -0.39 is 5.82 Å². The zero-order valence-electron chi connectivity index (χ0n) is 22.6. The van der Waals surface area contributed by atoms with E-state index in [0.29, 0.717) is 58.4 Å². The Labute approximate surface area is 236 Å². The molecule has 0 spiro atoms. The fourth-order valence-corrected chi connectivity index (χ4v) is 6.43. The second-order valence-corrected chi connectivity index (χ2v) is 11.2. The maximum atomic E-state index is 16.0. The van der Waals surface area contributed by atoms with Crippen molar-refractivity contribution in [2.24, 2.45) is 0 Å². The van der Waals surface area contributed by atoms with Crippen LogP contribution in [0.15, 0.2) is 48.8 Å². The molecule has 0 unspecified atom stereocenters. The van der Waals surface area contributed by atoms with E-state index in [1.807, 2.05) is 21.8 Å². The zero-order chi connectivity index (χ0) is 27.5. The summed E-state index contributed by atoms with van der Waals surface area (Å²) in [5, 5.41) is 6.15. The number of fused-ring (bicyclic) bond motifs is 2. The Morgan fingerprint density at radius 1 is 1.05 bits per heavy atom. The van der Waals surface area contributed by atoms with E-state index in [1.54, 1.807) is 12.3 Å². The summed E-state index contributed by atoms with van der Waals surface area (Å²) >= 11 is 6.44. The fraction of sp³-hybridized carbons (Fsp3) is 0.312. The first-order valence-electron chi connectivity index (χ1n) is 14.1. The molecule has 0 bridgehead atoms. The second kappa shape index (κ2) is 9.73. The first kappa shape index (κ1) is 25.3. The number of hydrogen-bond acceptors (Lipinski definition) is 3. The van der Waals surface area contributed by atoms with Gasteiger partial charge in [-0.15, -0.1) is 0 Å². The molecule has 5 aromatic rings. The Hall–Kier alpha value is -3.71. The average molecular weight is 558 g/mol. The van der Waals surface area contributed by atoms with Gasteiger partial charge >= 0.3 is 0 Å². The number of halogens is 3. The van der Waals surface area contributed by atoms with E-state index in [1.165, 1.54) is 6.07 Å². The molecule has 3 aromatic heterocycles. The number of anilines is 1. The number of aryl methyl sites for hydroxylation is 2. The van der Waals surface area contributed by atoms with E-state index >= 15 is 8.78 Å². The van der Waals surface area contributed by atoms with Gasteiger partial charge in [-0.25, -0.2) is 18.4 Å². The summed E-state index contributed by atoms with van der Waals surface area (Å²) in [6.45, 7) is 5.20. The highest BCUT2D eigenvalue weighted by atomic mass is 35.5. The van der Waals surface area contributed by atoms with Crippen LogP contribution in [-0.4, -0.2) is 26.3 Å². The van der Waals surface area contributed by atoms with E-state index in [9.17, 15) is 0 Å². The van der Waals surface area contributed by atoms with Gasteiger partial charge in [0.15, 0.2) is 11.6 Å². The van der Waals surface area contributed by atoms with E-state index in [2.05, 4.69) is 42.0 Å². The summed E-state index contributed by atoms with van der Waals surface area (Å²) in [6.07, 6.45) is 7.99. The van der Waals surface area contributed by atoms with Gasteiger partial charge in [0.25, 0.3) is 0 Å². The van der Waals surface area contributed by atoms with E-state index in [-0.39, 0.29) is 5.82 Å². The van der Waals surface area contributed by atoms with Crippen molar-refractivity contribution in [1.82, 2.24) is 19.7 Å². The Balaban J connectivity index is 1.45. The molecule has 1 N–H and O–H groups in total. The largest absolute Gasteiger partial charge is 0.360 e. The second-order valence-electron chi connectivity index (χ2n) is 10.8. The predicted octanol–water partition coefficient (Wildman–Crippen LogP) is 7.91. The molecule has 5 nitrogen and oxygen atoms in total. The average Bonchev–Trinajstić information content (AvgIpc) is 3.58. The van der Waals surface area contributed by atoms with Crippen LogP contribution < -0.4 is 4.90 Å². The molecule has 4 heterocycles. The molecular formula is C32H30ClF2N5. The van der Waals surface area contributed by atoms with Crippen molar-refractivity contribution in [3.05, 3.63) is 93.4 Å². The minimum Gasteiger partial charge on any atom is -0.360 e. The Bertz CT molecular complexity index is 1750. The van der Waals surface area contributed by atoms with E-state index in [0.717, 1.165) is 59.3 Å². The molecule has 8 heteroatoms. The lowest BCUT2D eigenvalue weighted by atomic mass is 9.96. The van der Waals surface area contributed by atoms with Gasteiger partial charge < -0.3 is 9.88 Å². The van der Waals surface area contributed by atoms with Crippen molar-refractivity contribution in [2.75, 3.05) is 11.4 Å². The monoisotopic (exact) mass is 557 g/mol. The lowest BCUT2D eigenvalue weighted by Crippen LogP contribution is -2.31. The van der Waals surface area contributed by atoms with Gasteiger partial charge in [-0.1, -0.05) is 43.6 Å². The molecule has 0 saturated heterocycles. The highest BCUT2D eigenvalue weighted by Crippen LogP contribution is 2.43. The zero-order valence-corrected chi connectivity index (χ0v) is 23.3. The fourth-order valence-electron chi connectivity index (χ4n) is 6.18. The topological polar surface area (TPSA) is 49.7 Å². The molecule has 2 aliphatic rings.